The van der Waals surface area contributed by atoms with E-state index in [1.54, 1.807) is 10.3 Å². The number of carbonyl (C=O) groups is 2. The molecule has 0 bridgehead atoms. The Hall–Kier alpha value is -2.63. The van der Waals surface area contributed by atoms with E-state index in [-0.39, 0.29) is 23.8 Å². The van der Waals surface area contributed by atoms with Crippen LogP contribution in [0.1, 0.15) is 21.9 Å². The molecule has 1 fully saturated rings. The first-order valence-corrected chi connectivity index (χ1v) is 8.93. The molecule has 3 rings (SSSR count). The normalized spacial score (nSPS) is 15.3. The highest BCUT2D eigenvalue weighted by molar-refractivity contribution is 7.13. The Labute approximate surface area is 156 Å². The van der Waals surface area contributed by atoms with Gasteiger partial charge in [0.05, 0.1) is 0 Å². The van der Waals surface area contributed by atoms with Crippen molar-refractivity contribution in [2.45, 2.75) is 19.6 Å². The summed E-state index contributed by atoms with van der Waals surface area (Å²) in [6.45, 7) is 3.04. The molecule has 146 valence electrons. The first kappa shape index (κ1) is 19.1. The number of nitrogens with zero attached hydrogens (tertiary/aromatic N) is 5. The maximum atomic E-state index is 12.7. The maximum absolute atomic E-state index is 12.7. The molecule has 1 aliphatic rings. The number of aryl methyl sites for hydroxylation is 1. The van der Waals surface area contributed by atoms with E-state index in [4.69, 9.17) is 5.73 Å². The van der Waals surface area contributed by atoms with Gasteiger partial charge < -0.3 is 15.5 Å². The van der Waals surface area contributed by atoms with E-state index in [2.05, 4.69) is 10.1 Å². The van der Waals surface area contributed by atoms with Gasteiger partial charge in [-0.3, -0.25) is 14.3 Å². The molecular formula is C15H17F3N6O2S. The number of piperazine rings is 1. The molecule has 8 nitrogen and oxygen atoms in total. The van der Waals surface area contributed by atoms with Crippen molar-refractivity contribution in [2.24, 2.45) is 5.73 Å². The lowest BCUT2D eigenvalue weighted by Crippen LogP contribution is -2.49. The number of carbonyl (C=O) groups excluding carboxylic acids is 2. The zero-order valence-electron chi connectivity index (χ0n) is 14.4. The molecule has 0 atom stereocenters. The van der Waals surface area contributed by atoms with Crippen LogP contribution >= 0.6 is 11.3 Å². The zero-order chi connectivity index (χ0) is 19.8. The van der Waals surface area contributed by atoms with Crippen LogP contribution in [0.2, 0.25) is 0 Å². The molecule has 0 saturated carbocycles. The number of anilines is 1. The molecular weight excluding hydrogens is 385 g/mol. The minimum atomic E-state index is -4.54. The SMILES string of the molecule is Cc1cc(C(F)(F)F)nn1CC(=O)N1CCN(c2nc(C(N)=O)cs2)CC1. The van der Waals surface area contributed by atoms with E-state index < -0.39 is 17.8 Å². The summed E-state index contributed by atoms with van der Waals surface area (Å²) in [4.78, 5) is 31.2. The van der Waals surface area contributed by atoms with Gasteiger partial charge in [-0.1, -0.05) is 0 Å². The summed E-state index contributed by atoms with van der Waals surface area (Å²) in [6.07, 6.45) is -4.54. The highest BCUT2D eigenvalue weighted by Gasteiger charge is 2.34. The number of primary amides is 1. The molecule has 27 heavy (non-hydrogen) atoms. The van der Waals surface area contributed by atoms with Gasteiger partial charge in [-0.2, -0.15) is 18.3 Å². The Morgan fingerprint density at radius 3 is 2.44 bits per heavy atom. The molecule has 1 saturated heterocycles. The summed E-state index contributed by atoms with van der Waals surface area (Å²) in [6, 6.07) is 0.921. The van der Waals surface area contributed by atoms with Crippen molar-refractivity contribution >= 4 is 28.3 Å². The Balaban J connectivity index is 1.58. The molecule has 1 aliphatic heterocycles. The van der Waals surface area contributed by atoms with Crippen LogP contribution in [0.5, 0.6) is 0 Å². The van der Waals surface area contributed by atoms with E-state index >= 15 is 0 Å². The number of aromatic nitrogens is 3. The quantitative estimate of drug-likeness (QED) is 0.827. The molecule has 2 N–H and O–H groups in total. The first-order chi connectivity index (χ1) is 12.6. The number of hydrogen-bond acceptors (Lipinski definition) is 6. The lowest BCUT2D eigenvalue weighted by molar-refractivity contribution is -0.142. The average molecular weight is 402 g/mol. The van der Waals surface area contributed by atoms with E-state index in [0.717, 1.165) is 10.7 Å². The van der Waals surface area contributed by atoms with Gasteiger partial charge >= 0.3 is 6.18 Å². The predicted octanol–water partition coefficient (Wildman–Crippen LogP) is 1.11. The second kappa shape index (κ2) is 7.18. The number of nitrogens with two attached hydrogens (primary N) is 1. The van der Waals surface area contributed by atoms with Gasteiger partial charge in [0.2, 0.25) is 5.91 Å². The first-order valence-electron chi connectivity index (χ1n) is 8.05. The summed E-state index contributed by atoms with van der Waals surface area (Å²) in [7, 11) is 0. The van der Waals surface area contributed by atoms with Crippen LogP contribution in [0.25, 0.3) is 0 Å². The Kier molecular flexibility index (Phi) is 5.09. The smallest absolute Gasteiger partial charge is 0.364 e. The van der Waals surface area contributed by atoms with E-state index in [1.165, 1.54) is 18.3 Å². The Bertz CT molecular complexity index is 854. The molecule has 2 aromatic heterocycles. The van der Waals surface area contributed by atoms with Crippen LogP contribution in [0.3, 0.4) is 0 Å². The fourth-order valence-corrected chi connectivity index (χ4v) is 3.58. The third kappa shape index (κ3) is 4.21. The summed E-state index contributed by atoms with van der Waals surface area (Å²) in [5.74, 6) is -0.898. The molecule has 0 unspecified atom stereocenters. The van der Waals surface area contributed by atoms with E-state index in [0.29, 0.717) is 31.3 Å². The number of amides is 2. The van der Waals surface area contributed by atoms with Gasteiger partial charge in [0, 0.05) is 37.3 Å². The fraction of sp³-hybridized carbons (Fsp3) is 0.467. The molecule has 0 aromatic carbocycles. The average Bonchev–Trinajstić information content (AvgIpc) is 3.22. The van der Waals surface area contributed by atoms with Gasteiger partial charge in [-0.15, -0.1) is 11.3 Å². The van der Waals surface area contributed by atoms with Gasteiger partial charge in [-0.25, -0.2) is 4.98 Å². The number of thiazole rings is 1. The number of alkyl halides is 3. The van der Waals surface area contributed by atoms with Crippen LogP contribution < -0.4 is 10.6 Å². The summed E-state index contributed by atoms with van der Waals surface area (Å²) in [5.41, 5.74) is 4.65. The van der Waals surface area contributed by atoms with E-state index in [1.807, 2.05) is 4.90 Å². The number of halogens is 3. The predicted molar refractivity (Wildman–Crippen MR) is 91.4 cm³/mol. The lowest BCUT2D eigenvalue weighted by atomic mass is 10.3. The van der Waals surface area contributed by atoms with Crippen LogP contribution in [0.15, 0.2) is 11.4 Å². The molecule has 0 spiro atoms. The molecule has 12 heteroatoms. The third-order valence-electron chi connectivity index (χ3n) is 4.20. The van der Waals surface area contributed by atoms with Crippen molar-refractivity contribution in [3.05, 3.63) is 28.5 Å². The maximum Gasteiger partial charge on any atom is 0.435 e. The largest absolute Gasteiger partial charge is 0.435 e. The highest BCUT2D eigenvalue weighted by atomic mass is 32.1. The van der Waals surface area contributed by atoms with Crippen molar-refractivity contribution in [3.8, 4) is 0 Å². The zero-order valence-corrected chi connectivity index (χ0v) is 15.2. The monoisotopic (exact) mass is 402 g/mol. The Morgan fingerprint density at radius 1 is 1.26 bits per heavy atom. The summed E-state index contributed by atoms with van der Waals surface area (Å²) < 4.78 is 39.2. The molecule has 0 aliphatic carbocycles. The molecule has 2 amide bonds. The van der Waals surface area contributed by atoms with E-state index in [9.17, 15) is 22.8 Å². The van der Waals surface area contributed by atoms with Crippen LogP contribution in [0, 0.1) is 6.92 Å². The third-order valence-corrected chi connectivity index (χ3v) is 5.11. The van der Waals surface area contributed by atoms with Crippen molar-refractivity contribution in [1.29, 1.82) is 0 Å². The topological polar surface area (TPSA) is 97.3 Å². The fourth-order valence-electron chi connectivity index (χ4n) is 2.71. The van der Waals surface area contributed by atoms with Gasteiger partial charge in [0.1, 0.15) is 12.2 Å². The van der Waals surface area contributed by atoms with Crippen LogP contribution in [-0.4, -0.2) is 57.7 Å². The van der Waals surface area contributed by atoms with Gasteiger partial charge in [0.25, 0.3) is 5.91 Å². The summed E-state index contributed by atoms with van der Waals surface area (Å²) >= 11 is 1.29. The number of rotatable bonds is 4. The molecule has 3 heterocycles. The van der Waals surface area contributed by atoms with Crippen molar-refractivity contribution < 1.29 is 22.8 Å². The van der Waals surface area contributed by atoms with Crippen molar-refractivity contribution in [3.63, 3.8) is 0 Å². The van der Waals surface area contributed by atoms with Crippen LogP contribution in [0.4, 0.5) is 18.3 Å². The lowest BCUT2D eigenvalue weighted by Gasteiger charge is -2.34. The second-order valence-corrected chi connectivity index (χ2v) is 6.91. The summed E-state index contributed by atoms with van der Waals surface area (Å²) in [5, 5.41) is 5.70. The number of hydrogen-bond donors (Lipinski definition) is 1. The molecule has 0 radical (unpaired) electrons. The highest BCUT2D eigenvalue weighted by Crippen LogP contribution is 2.28. The van der Waals surface area contributed by atoms with Gasteiger partial charge in [0.15, 0.2) is 10.8 Å². The standard InChI is InChI=1S/C15H17F3N6O2S/c1-9-6-11(15(16,17)18)21-24(9)7-12(25)22-2-4-23(5-3-22)14-20-10(8-27-14)13(19)26/h6,8H,2-5,7H2,1H3,(H2,19,26). The Morgan fingerprint density at radius 2 is 1.93 bits per heavy atom. The molecule has 2 aromatic rings. The van der Waals surface area contributed by atoms with Crippen molar-refractivity contribution in [1.82, 2.24) is 19.7 Å². The second-order valence-electron chi connectivity index (χ2n) is 6.07. The van der Waals surface area contributed by atoms with Crippen molar-refractivity contribution in [2.75, 3.05) is 31.1 Å². The minimum Gasteiger partial charge on any atom is -0.364 e. The minimum absolute atomic E-state index is 0.197. The van der Waals surface area contributed by atoms with Crippen LogP contribution in [-0.2, 0) is 17.5 Å². The van der Waals surface area contributed by atoms with Gasteiger partial charge in [-0.05, 0) is 13.0 Å².